The first-order valence-corrected chi connectivity index (χ1v) is 13.2. The van der Waals surface area contributed by atoms with E-state index in [4.69, 9.17) is 9.84 Å². The molecule has 1 fully saturated rings. The summed E-state index contributed by atoms with van der Waals surface area (Å²) in [5, 5.41) is 25.3. The van der Waals surface area contributed by atoms with Crippen LogP contribution in [0.5, 0.6) is 5.75 Å². The number of imide groups is 1. The van der Waals surface area contributed by atoms with Gasteiger partial charge in [0.1, 0.15) is 36.4 Å². The van der Waals surface area contributed by atoms with Crippen LogP contribution >= 0.6 is 33.9 Å². The third-order valence-corrected chi connectivity index (χ3v) is 7.19. The average molecular weight is 639 g/mol. The highest BCUT2D eigenvalue weighted by Gasteiger charge is 2.45. The summed E-state index contributed by atoms with van der Waals surface area (Å²) in [5.74, 6) is -1.53. The number of benzene rings is 2. The topological polar surface area (TPSA) is 128 Å². The Morgan fingerprint density at radius 2 is 1.97 bits per heavy atom. The Balaban J connectivity index is 1.54. The number of amides is 4. The first-order valence-electron chi connectivity index (χ1n) is 11.2. The van der Waals surface area contributed by atoms with E-state index < -0.39 is 48.5 Å². The number of halogens is 2. The number of thiophene rings is 1. The molecule has 4 amide bonds. The Morgan fingerprint density at radius 3 is 2.62 bits per heavy atom. The summed E-state index contributed by atoms with van der Waals surface area (Å²) < 4.78 is 20.4. The van der Waals surface area contributed by atoms with Crippen LogP contribution in [0, 0.1) is 9.39 Å². The molecule has 12 heteroatoms. The second-order valence-electron chi connectivity index (χ2n) is 8.22. The Hall–Kier alpha value is -3.07. The van der Waals surface area contributed by atoms with Crippen LogP contribution in [0.15, 0.2) is 60.0 Å². The fraction of sp³-hybridized carbons (Fsp3) is 0.240. The maximum absolute atomic E-state index is 14.4. The lowest BCUT2D eigenvalue weighted by Gasteiger charge is -2.24. The van der Waals surface area contributed by atoms with Crippen LogP contribution in [-0.4, -0.2) is 58.3 Å². The van der Waals surface area contributed by atoms with E-state index in [1.165, 1.54) is 23.5 Å². The predicted molar refractivity (Wildman–Crippen MR) is 143 cm³/mol. The van der Waals surface area contributed by atoms with Crippen molar-refractivity contribution in [1.82, 2.24) is 10.2 Å². The van der Waals surface area contributed by atoms with Gasteiger partial charge < -0.3 is 25.6 Å². The van der Waals surface area contributed by atoms with Gasteiger partial charge >= 0.3 is 6.03 Å². The van der Waals surface area contributed by atoms with Gasteiger partial charge in [0.05, 0.1) is 12.3 Å². The number of ether oxygens (including phenoxy) is 1. The number of aliphatic hydroxyl groups excluding tert-OH is 2. The highest BCUT2D eigenvalue weighted by molar-refractivity contribution is 14.1. The Kier molecular flexibility index (Phi) is 8.74. The van der Waals surface area contributed by atoms with Gasteiger partial charge in [0.15, 0.2) is 0 Å². The van der Waals surface area contributed by atoms with E-state index in [1.54, 1.807) is 42.5 Å². The molecule has 1 aromatic heterocycles. The van der Waals surface area contributed by atoms with E-state index in [9.17, 15) is 23.9 Å². The second kappa shape index (κ2) is 12.0. The van der Waals surface area contributed by atoms with Crippen molar-refractivity contribution in [3.63, 3.8) is 0 Å². The molecule has 0 saturated carbocycles. The Bertz CT molecular complexity index is 1270. The third kappa shape index (κ3) is 6.44. The zero-order valence-electron chi connectivity index (χ0n) is 19.3. The molecule has 1 unspecified atom stereocenters. The lowest BCUT2D eigenvalue weighted by molar-refractivity contribution is -0.134. The molecule has 0 spiro atoms. The SMILES string of the molecule is O=C(Nc1ccc(I)cc1F)C(Cc1cccs1)N1C(=O)N[C@H](c2ccc(OC[C@H](O)CO)cc2)C1=O. The van der Waals surface area contributed by atoms with Gasteiger partial charge in [-0.1, -0.05) is 18.2 Å². The number of anilines is 1. The normalized spacial score (nSPS) is 16.9. The molecule has 1 aliphatic heterocycles. The van der Waals surface area contributed by atoms with Crippen molar-refractivity contribution < 1.29 is 33.7 Å². The number of nitrogens with zero attached hydrogens (tertiary/aromatic N) is 1. The molecular weight excluding hydrogens is 616 g/mol. The predicted octanol–water partition coefficient (Wildman–Crippen LogP) is 3.07. The summed E-state index contributed by atoms with van der Waals surface area (Å²) in [7, 11) is 0. The summed E-state index contributed by atoms with van der Waals surface area (Å²) in [6.45, 7) is -0.545. The minimum absolute atomic E-state index is 0.0490. The number of rotatable bonds is 10. The van der Waals surface area contributed by atoms with Gasteiger partial charge in [-0.05, 0) is 69.9 Å². The van der Waals surface area contributed by atoms with E-state index in [2.05, 4.69) is 10.6 Å². The van der Waals surface area contributed by atoms with E-state index >= 15 is 0 Å². The molecule has 3 atom stereocenters. The van der Waals surface area contributed by atoms with E-state index in [0.717, 1.165) is 9.78 Å². The number of nitrogens with one attached hydrogen (secondary N) is 2. The molecule has 194 valence electrons. The zero-order valence-corrected chi connectivity index (χ0v) is 22.2. The van der Waals surface area contributed by atoms with Gasteiger partial charge in [-0.25, -0.2) is 14.1 Å². The number of aliphatic hydroxyl groups is 2. The molecule has 9 nitrogen and oxygen atoms in total. The lowest BCUT2D eigenvalue weighted by atomic mass is 10.1. The van der Waals surface area contributed by atoms with Crippen LogP contribution < -0.4 is 15.4 Å². The minimum Gasteiger partial charge on any atom is -0.491 e. The molecule has 37 heavy (non-hydrogen) atoms. The molecule has 0 bridgehead atoms. The third-order valence-electron chi connectivity index (χ3n) is 5.62. The summed E-state index contributed by atoms with van der Waals surface area (Å²) in [4.78, 5) is 41.3. The van der Waals surface area contributed by atoms with Crippen LogP contribution in [0.3, 0.4) is 0 Å². The molecule has 0 aliphatic carbocycles. The highest BCUT2D eigenvalue weighted by atomic mass is 127. The van der Waals surface area contributed by atoms with Gasteiger partial charge in [0, 0.05) is 14.9 Å². The van der Waals surface area contributed by atoms with Gasteiger partial charge in [-0.15, -0.1) is 11.3 Å². The van der Waals surface area contributed by atoms with Crippen molar-refractivity contribution in [2.45, 2.75) is 24.6 Å². The molecule has 4 N–H and O–H groups in total. The van der Waals surface area contributed by atoms with Gasteiger partial charge in [0.25, 0.3) is 5.91 Å². The first kappa shape index (κ1) is 27.0. The largest absolute Gasteiger partial charge is 0.491 e. The number of carbonyl (C=O) groups excluding carboxylic acids is 3. The number of carbonyl (C=O) groups is 3. The summed E-state index contributed by atoms with van der Waals surface area (Å²) in [6, 6.07) is 11.2. The van der Waals surface area contributed by atoms with E-state index in [-0.39, 0.29) is 18.7 Å². The van der Waals surface area contributed by atoms with Crippen molar-refractivity contribution in [3.05, 3.63) is 79.8 Å². The van der Waals surface area contributed by atoms with Crippen molar-refractivity contribution in [3.8, 4) is 5.75 Å². The number of urea groups is 1. The molecule has 3 aromatic rings. The van der Waals surface area contributed by atoms with E-state index in [0.29, 0.717) is 14.9 Å². The summed E-state index contributed by atoms with van der Waals surface area (Å²) >= 11 is 3.33. The van der Waals surface area contributed by atoms with Crippen LogP contribution in [0.25, 0.3) is 0 Å². The van der Waals surface area contributed by atoms with E-state index in [1.807, 2.05) is 28.0 Å². The molecule has 2 heterocycles. The van der Waals surface area contributed by atoms with Crippen LogP contribution in [0.4, 0.5) is 14.9 Å². The Morgan fingerprint density at radius 1 is 1.22 bits per heavy atom. The monoisotopic (exact) mass is 639 g/mol. The molecule has 0 radical (unpaired) electrons. The van der Waals surface area contributed by atoms with Crippen molar-refractivity contribution in [1.29, 1.82) is 0 Å². The fourth-order valence-corrected chi connectivity index (χ4v) is 4.94. The maximum Gasteiger partial charge on any atom is 0.325 e. The summed E-state index contributed by atoms with van der Waals surface area (Å²) in [5.41, 5.74) is 0.418. The lowest BCUT2D eigenvalue weighted by Crippen LogP contribution is -2.49. The molecule has 1 aliphatic rings. The van der Waals surface area contributed by atoms with Gasteiger partial charge in [-0.2, -0.15) is 0 Å². The summed E-state index contributed by atoms with van der Waals surface area (Å²) in [6.07, 6.45) is -0.954. The van der Waals surface area contributed by atoms with Crippen LogP contribution in [0.1, 0.15) is 16.5 Å². The quantitative estimate of drug-likeness (QED) is 0.200. The molecule has 2 aromatic carbocycles. The molecular formula is C25H23FIN3O6S. The maximum atomic E-state index is 14.4. The van der Waals surface area contributed by atoms with Crippen molar-refractivity contribution in [2.24, 2.45) is 0 Å². The Labute approximate surface area is 229 Å². The minimum atomic E-state index is -1.21. The number of hydrogen-bond acceptors (Lipinski definition) is 7. The average Bonchev–Trinajstić information content (AvgIpc) is 3.50. The standard InChI is InChI=1S/C25H23FIN3O6S/c26-19-10-15(27)5-8-20(19)28-23(33)21(11-18-2-1-9-37-18)30-24(34)22(29-25(30)35)14-3-6-17(7-4-14)36-13-16(32)12-31/h1-10,16,21-22,31-32H,11-13H2,(H,28,33)(H,29,35)/t16-,21?,22-/m1/s1. The molecule has 4 rings (SSSR count). The second-order valence-corrected chi connectivity index (χ2v) is 10.5. The zero-order chi connectivity index (χ0) is 26.5. The fourth-order valence-electron chi connectivity index (χ4n) is 3.74. The van der Waals surface area contributed by atoms with Crippen molar-refractivity contribution >= 4 is 57.5 Å². The molecule has 1 saturated heterocycles. The van der Waals surface area contributed by atoms with Gasteiger partial charge in [0.2, 0.25) is 5.91 Å². The van der Waals surface area contributed by atoms with Crippen LogP contribution in [0.2, 0.25) is 0 Å². The van der Waals surface area contributed by atoms with Crippen LogP contribution in [-0.2, 0) is 16.0 Å². The van der Waals surface area contributed by atoms with Gasteiger partial charge in [-0.3, -0.25) is 9.59 Å². The van der Waals surface area contributed by atoms with Crippen molar-refractivity contribution in [2.75, 3.05) is 18.5 Å². The smallest absolute Gasteiger partial charge is 0.325 e. The number of hydrogen-bond donors (Lipinski definition) is 4. The first-order chi connectivity index (χ1) is 17.8. The highest BCUT2D eigenvalue weighted by Crippen LogP contribution is 2.28.